The quantitative estimate of drug-likeness (QED) is 0.437. The fraction of sp³-hybridized carbons (Fsp3) is 0.143. The van der Waals surface area contributed by atoms with Gasteiger partial charge in [0.15, 0.2) is 0 Å². The van der Waals surface area contributed by atoms with E-state index >= 15 is 0 Å². The highest BCUT2D eigenvalue weighted by Gasteiger charge is 2.21. The predicted octanol–water partition coefficient (Wildman–Crippen LogP) is 4.81. The highest BCUT2D eigenvalue weighted by Crippen LogP contribution is 2.30. The molecule has 1 amide bonds. The first kappa shape index (κ1) is 19.9. The van der Waals surface area contributed by atoms with E-state index in [2.05, 4.69) is 21.6 Å². The first-order valence-corrected chi connectivity index (χ1v) is 10.9. The van der Waals surface area contributed by atoms with Gasteiger partial charge in [0, 0.05) is 11.4 Å². The van der Waals surface area contributed by atoms with Gasteiger partial charge in [-0.15, -0.1) is 21.5 Å². The van der Waals surface area contributed by atoms with Gasteiger partial charge in [0.1, 0.15) is 11.9 Å². The number of hydrogen-bond donors (Lipinski definition) is 1. The van der Waals surface area contributed by atoms with Crippen LogP contribution in [0.15, 0.2) is 57.5 Å². The molecule has 0 aliphatic rings. The van der Waals surface area contributed by atoms with Gasteiger partial charge in [0.25, 0.3) is 11.1 Å². The van der Waals surface area contributed by atoms with Crippen LogP contribution in [-0.2, 0) is 4.79 Å². The molecule has 0 saturated carbocycles. The topological polar surface area (TPSA) is 96.7 Å². The van der Waals surface area contributed by atoms with E-state index in [0.29, 0.717) is 22.5 Å². The molecule has 30 heavy (non-hydrogen) atoms. The Labute approximate surface area is 181 Å². The van der Waals surface area contributed by atoms with E-state index in [4.69, 9.17) is 4.42 Å². The van der Waals surface area contributed by atoms with Gasteiger partial charge < -0.3 is 9.73 Å². The minimum Gasteiger partial charge on any atom is -0.410 e. The van der Waals surface area contributed by atoms with Gasteiger partial charge in [0.05, 0.1) is 16.2 Å². The fourth-order valence-corrected chi connectivity index (χ4v) is 4.23. The zero-order valence-electron chi connectivity index (χ0n) is 16.2. The zero-order valence-corrected chi connectivity index (χ0v) is 17.9. The Balaban J connectivity index is 1.52. The van der Waals surface area contributed by atoms with Crippen LogP contribution in [0.25, 0.3) is 16.5 Å². The third-order valence-corrected chi connectivity index (χ3v) is 6.24. The van der Waals surface area contributed by atoms with Crippen molar-refractivity contribution in [3.05, 3.63) is 64.7 Å². The number of thioether (sulfide) groups is 1. The summed E-state index contributed by atoms with van der Waals surface area (Å²) in [5, 5.41) is 22.8. The number of para-hydroxylation sites is 1. The monoisotopic (exact) mass is 435 g/mol. The molecule has 0 spiro atoms. The molecule has 0 radical (unpaired) electrons. The summed E-state index contributed by atoms with van der Waals surface area (Å²) in [5.74, 6) is 0.717. The number of benzene rings is 1. The Morgan fingerprint density at radius 1 is 1.23 bits per heavy atom. The minimum absolute atomic E-state index is 0.0784. The van der Waals surface area contributed by atoms with E-state index in [-0.39, 0.29) is 11.7 Å². The average Bonchev–Trinajstić information content (AvgIpc) is 3.48. The average molecular weight is 436 g/mol. The summed E-state index contributed by atoms with van der Waals surface area (Å²) in [6, 6.07) is 15.6. The summed E-state index contributed by atoms with van der Waals surface area (Å²) in [6.45, 7) is 3.81. The van der Waals surface area contributed by atoms with Crippen LogP contribution >= 0.6 is 23.1 Å². The van der Waals surface area contributed by atoms with Gasteiger partial charge >= 0.3 is 0 Å². The van der Waals surface area contributed by atoms with E-state index in [1.54, 1.807) is 0 Å². The number of thiophene rings is 1. The summed E-state index contributed by atoms with van der Waals surface area (Å²) in [7, 11) is 0. The van der Waals surface area contributed by atoms with Crippen molar-refractivity contribution in [2.24, 2.45) is 0 Å². The maximum absolute atomic E-state index is 12.7. The van der Waals surface area contributed by atoms with Gasteiger partial charge in [0.2, 0.25) is 5.91 Å². The molecule has 0 unspecified atom stereocenters. The fourth-order valence-electron chi connectivity index (χ4n) is 3.02. The van der Waals surface area contributed by atoms with Gasteiger partial charge in [-0.3, -0.25) is 9.36 Å². The lowest BCUT2D eigenvalue weighted by atomic mass is 10.2. The molecule has 0 fully saturated rings. The number of carbonyl (C=O) groups excluding carboxylic acids is 1. The molecule has 3 aromatic heterocycles. The number of carbonyl (C=O) groups is 1. The zero-order chi connectivity index (χ0) is 21.1. The summed E-state index contributed by atoms with van der Waals surface area (Å²) in [4.78, 5) is 13.5. The lowest BCUT2D eigenvalue weighted by Crippen LogP contribution is -2.17. The second kappa shape index (κ2) is 8.57. The normalized spacial score (nSPS) is 10.7. The van der Waals surface area contributed by atoms with Crippen LogP contribution in [0.4, 0.5) is 5.82 Å². The molecule has 0 bridgehead atoms. The van der Waals surface area contributed by atoms with Crippen LogP contribution < -0.4 is 5.32 Å². The van der Waals surface area contributed by atoms with Gasteiger partial charge in [-0.2, -0.15) is 5.26 Å². The number of anilines is 1. The SMILES string of the molecule is Cc1c(C#N)c(NC(=O)CSc2nnc(-c3cccs3)o2)n(-c2ccccc2)c1C. The number of aromatic nitrogens is 3. The molecule has 0 aliphatic carbocycles. The van der Waals surface area contributed by atoms with E-state index < -0.39 is 0 Å². The second-order valence-corrected chi connectivity index (χ2v) is 8.28. The van der Waals surface area contributed by atoms with Crippen LogP contribution in [0.2, 0.25) is 0 Å². The van der Waals surface area contributed by atoms with Crippen molar-refractivity contribution in [2.75, 3.05) is 11.1 Å². The molecule has 9 heteroatoms. The van der Waals surface area contributed by atoms with Crippen LogP contribution in [0.1, 0.15) is 16.8 Å². The van der Waals surface area contributed by atoms with Crippen molar-refractivity contribution in [1.82, 2.24) is 14.8 Å². The van der Waals surface area contributed by atoms with Gasteiger partial charge in [-0.05, 0) is 43.0 Å². The van der Waals surface area contributed by atoms with Crippen LogP contribution in [0, 0.1) is 25.2 Å². The summed E-state index contributed by atoms with van der Waals surface area (Å²) in [6.07, 6.45) is 0. The van der Waals surface area contributed by atoms with E-state index in [0.717, 1.165) is 33.6 Å². The Bertz CT molecular complexity index is 1220. The Kier molecular flexibility index (Phi) is 5.70. The summed E-state index contributed by atoms with van der Waals surface area (Å²) in [5.41, 5.74) is 3.06. The standard InChI is InChI=1S/C21H17N5O2S2/c1-13-14(2)26(15-7-4-3-5-8-15)19(16(13)11-22)23-18(27)12-30-21-25-24-20(28-21)17-9-6-10-29-17/h3-10H,12H2,1-2H3,(H,23,27). The number of hydrogen-bond acceptors (Lipinski definition) is 7. The minimum atomic E-state index is -0.262. The third-order valence-electron chi connectivity index (χ3n) is 4.56. The molecule has 150 valence electrons. The molecule has 0 atom stereocenters. The molecular weight excluding hydrogens is 418 g/mol. The Hall–Kier alpha value is -3.35. The Morgan fingerprint density at radius 2 is 2.03 bits per heavy atom. The van der Waals surface area contributed by atoms with Crippen LogP contribution in [0.5, 0.6) is 0 Å². The third kappa shape index (κ3) is 3.87. The number of nitriles is 1. The molecule has 7 nitrogen and oxygen atoms in total. The molecular formula is C21H17N5O2S2. The van der Waals surface area contributed by atoms with E-state index in [9.17, 15) is 10.1 Å². The first-order valence-electron chi connectivity index (χ1n) is 9.06. The molecule has 3 heterocycles. The number of nitrogens with one attached hydrogen (secondary N) is 1. The molecule has 1 N–H and O–H groups in total. The number of nitrogens with zero attached hydrogens (tertiary/aromatic N) is 4. The first-order chi connectivity index (χ1) is 14.6. The van der Waals surface area contributed by atoms with Crippen molar-refractivity contribution in [2.45, 2.75) is 19.1 Å². The smallest absolute Gasteiger partial charge is 0.277 e. The van der Waals surface area contributed by atoms with Gasteiger partial charge in [-0.1, -0.05) is 36.0 Å². The van der Waals surface area contributed by atoms with Crippen molar-refractivity contribution >= 4 is 34.8 Å². The summed E-state index contributed by atoms with van der Waals surface area (Å²) >= 11 is 2.66. The highest BCUT2D eigenvalue weighted by molar-refractivity contribution is 7.99. The highest BCUT2D eigenvalue weighted by atomic mass is 32.2. The van der Waals surface area contributed by atoms with Crippen molar-refractivity contribution in [1.29, 1.82) is 5.26 Å². The van der Waals surface area contributed by atoms with Gasteiger partial charge in [-0.25, -0.2) is 0 Å². The lowest BCUT2D eigenvalue weighted by molar-refractivity contribution is -0.113. The lowest BCUT2D eigenvalue weighted by Gasteiger charge is -2.12. The molecule has 0 saturated heterocycles. The molecule has 1 aromatic carbocycles. The van der Waals surface area contributed by atoms with Crippen LogP contribution in [-0.4, -0.2) is 26.4 Å². The van der Waals surface area contributed by atoms with E-state index in [1.807, 2.05) is 66.3 Å². The largest absolute Gasteiger partial charge is 0.410 e. The van der Waals surface area contributed by atoms with Crippen molar-refractivity contribution in [3.63, 3.8) is 0 Å². The maximum Gasteiger partial charge on any atom is 0.277 e. The van der Waals surface area contributed by atoms with Crippen LogP contribution in [0.3, 0.4) is 0 Å². The second-order valence-electron chi connectivity index (χ2n) is 6.40. The number of rotatable bonds is 6. The predicted molar refractivity (Wildman–Crippen MR) is 117 cm³/mol. The molecule has 4 rings (SSSR count). The maximum atomic E-state index is 12.7. The van der Waals surface area contributed by atoms with E-state index in [1.165, 1.54) is 11.3 Å². The molecule has 0 aliphatic heterocycles. The summed E-state index contributed by atoms with van der Waals surface area (Å²) < 4.78 is 7.49. The number of amides is 1. The Morgan fingerprint density at radius 3 is 2.73 bits per heavy atom. The van der Waals surface area contributed by atoms with Crippen molar-refractivity contribution in [3.8, 4) is 22.5 Å². The van der Waals surface area contributed by atoms with Crippen molar-refractivity contribution < 1.29 is 9.21 Å². The molecule has 4 aromatic rings.